The van der Waals surface area contributed by atoms with Crippen molar-refractivity contribution >= 4 is 23.2 Å². The topological polar surface area (TPSA) is 50.4 Å². The third kappa shape index (κ3) is 5.42. The zero-order valence-corrected chi connectivity index (χ0v) is 14.2. The van der Waals surface area contributed by atoms with Crippen LogP contribution in [0.1, 0.15) is 12.0 Å². The standard InChI is InChI=1S/C18H20ClFN2O2/c1-24-17-7-6-14(12-15(17)19)21-11-9-18(23)22-10-8-13-4-2-3-5-16(13)20/h2-7,12,21H,8-11H2,1H3,(H,22,23). The minimum Gasteiger partial charge on any atom is -0.495 e. The Kier molecular flexibility index (Phi) is 6.88. The predicted molar refractivity (Wildman–Crippen MR) is 94.2 cm³/mol. The Morgan fingerprint density at radius 2 is 2.00 bits per heavy atom. The van der Waals surface area contributed by atoms with Gasteiger partial charge in [-0.05, 0) is 36.2 Å². The molecule has 6 heteroatoms. The van der Waals surface area contributed by atoms with E-state index in [1.165, 1.54) is 6.07 Å². The van der Waals surface area contributed by atoms with Gasteiger partial charge in [-0.1, -0.05) is 29.8 Å². The van der Waals surface area contributed by atoms with Crippen molar-refractivity contribution in [2.45, 2.75) is 12.8 Å². The Labute approximate surface area is 146 Å². The summed E-state index contributed by atoms with van der Waals surface area (Å²) in [6.45, 7) is 0.891. The second kappa shape index (κ2) is 9.13. The summed E-state index contributed by atoms with van der Waals surface area (Å²) in [5, 5.41) is 6.42. The van der Waals surface area contributed by atoms with Gasteiger partial charge in [-0.2, -0.15) is 0 Å². The number of halogens is 2. The van der Waals surface area contributed by atoms with Crippen LogP contribution < -0.4 is 15.4 Å². The zero-order chi connectivity index (χ0) is 17.4. The summed E-state index contributed by atoms with van der Waals surface area (Å²) in [6, 6.07) is 11.9. The van der Waals surface area contributed by atoms with Crippen LogP contribution in [0, 0.1) is 5.82 Å². The Balaban J connectivity index is 1.68. The van der Waals surface area contributed by atoms with Crippen molar-refractivity contribution in [1.82, 2.24) is 5.32 Å². The van der Waals surface area contributed by atoms with Crippen LogP contribution in [-0.4, -0.2) is 26.1 Å². The molecule has 0 aliphatic carbocycles. The average Bonchev–Trinajstić information content (AvgIpc) is 2.57. The first-order valence-electron chi connectivity index (χ1n) is 7.67. The van der Waals surface area contributed by atoms with Crippen LogP contribution in [-0.2, 0) is 11.2 Å². The Hall–Kier alpha value is -2.27. The lowest BCUT2D eigenvalue weighted by atomic mass is 10.1. The number of amides is 1. The normalized spacial score (nSPS) is 10.3. The first-order valence-corrected chi connectivity index (χ1v) is 8.05. The van der Waals surface area contributed by atoms with E-state index < -0.39 is 0 Å². The number of rotatable bonds is 8. The predicted octanol–water partition coefficient (Wildman–Crippen LogP) is 3.65. The van der Waals surface area contributed by atoms with Gasteiger partial charge >= 0.3 is 0 Å². The summed E-state index contributed by atoms with van der Waals surface area (Å²) < 4.78 is 18.5. The summed E-state index contributed by atoms with van der Waals surface area (Å²) >= 11 is 6.04. The maximum absolute atomic E-state index is 13.4. The monoisotopic (exact) mass is 350 g/mol. The van der Waals surface area contributed by atoms with Gasteiger partial charge in [0, 0.05) is 25.2 Å². The fourth-order valence-corrected chi connectivity index (χ4v) is 2.48. The van der Waals surface area contributed by atoms with Crippen molar-refractivity contribution in [1.29, 1.82) is 0 Å². The van der Waals surface area contributed by atoms with Crippen LogP contribution in [0.5, 0.6) is 5.75 Å². The second-order valence-electron chi connectivity index (χ2n) is 5.22. The van der Waals surface area contributed by atoms with Gasteiger partial charge in [-0.3, -0.25) is 4.79 Å². The third-order valence-electron chi connectivity index (χ3n) is 3.51. The highest BCUT2D eigenvalue weighted by Gasteiger charge is 2.05. The largest absolute Gasteiger partial charge is 0.495 e. The number of ether oxygens (including phenoxy) is 1. The van der Waals surface area contributed by atoms with Crippen LogP contribution in [0.15, 0.2) is 42.5 Å². The first kappa shape index (κ1) is 18.1. The molecular formula is C18H20ClFN2O2. The van der Waals surface area contributed by atoms with Crippen LogP contribution in [0.2, 0.25) is 5.02 Å². The van der Waals surface area contributed by atoms with Gasteiger partial charge in [-0.25, -0.2) is 4.39 Å². The van der Waals surface area contributed by atoms with Gasteiger partial charge in [0.05, 0.1) is 12.1 Å². The number of methoxy groups -OCH3 is 1. The van der Waals surface area contributed by atoms with E-state index in [1.54, 1.807) is 37.4 Å². The van der Waals surface area contributed by atoms with E-state index in [-0.39, 0.29) is 11.7 Å². The molecule has 0 heterocycles. The fraction of sp³-hybridized carbons (Fsp3) is 0.278. The minimum atomic E-state index is -0.246. The summed E-state index contributed by atoms with van der Waals surface area (Å²) in [7, 11) is 1.56. The van der Waals surface area contributed by atoms with E-state index >= 15 is 0 Å². The number of anilines is 1. The van der Waals surface area contributed by atoms with Crippen molar-refractivity contribution in [2.24, 2.45) is 0 Å². The van der Waals surface area contributed by atoms with Crippen LogP contribution in [0.25, 0.3) is 0 Å². The minimum absolute atomic E-state index is 0.0848. The molecule has 0 spiro atoms. The second-order valence-corrected chi connectivity index (χ2v) is 5.62. The maximum Gasteiger partial charge on any atom is 0.221 e. The van der Waals surface area contributed by atoms with Crippen molar-refractivity contribution < 1.29 is 13.9 Å². The van der Waals surface area contributed by atoms with Crippen molar-refractivity contribution in [3.05, 3.63) is 58.9 Å². The van der Waals surface area contributed by atoms with E-state index in [9.17, 15) is 9.18 Å². The lowest BCUT2D eigenvalue weighted by Gasteiger charge is -2.09. The van der Waals surface area contributed by atoms with Gasteiger partial charge in [0.15, 0.2) is 0 Å². The number of nitrogens with one attached hydrogen (secondary N) is 2. The van der Waals surface area contributed by atoms with Gasteiger partial charge in [-0.15, -0.1) is 0 Å². The molecular weight excluding hydrogens is 331 g/mol. The number of hydrogen-bond acceptors (Lipinski definition) is 3. The molecule has 0 aliphatic heterocycles. The molecule has 128 valence electrons. The van der Waals surface area contributed by atoms with Gasteiger partial charge in [0.2, 0.25) is 5.91 Å². The molecule has 0 aromatic heterocycles. The summed E-state index contributed by atoms with van der Waals surface area (Å²) in [5.41, 5.74) is 1.42. The molecule has 2 N–H and O–H groups in total. The number of carbonyl (C=O) groups excluding carboxylic acids is 1. The molecule has 0 fully saturated rings. The highest BCUT2D eigenvalue weighted by atomic mass is 35.5. The molecule has 1 amide bonds. The summed E-state index contributed by atoms with van der Waals surface area (Å²) in [6.07, 6.45) is 0.793. The van der Waals surface area contributed by atoms with Crippen LogP contribution in [0.3, 0.4) is 0 Å². The van der Waals surface area contributed by atoms with E-state index in [1.807, 2.05) is 6.07 Å². The molecule has 0 saturated heterocycles. The zero-order valence-electron chi connectivity index (χ0n) is 13.4. The molecule has 4 nitrogen and oxygen atoms in total. The maximum atomic E-state index is 13.4. The molecule has 0 unspecified atom stereocenters. The average molecular weight is 351 g/mol. The number of hydrogen-bond donors (Lipinski definition) is 2. The molecule has 0 bridgehead atoms. The molecule has 2 aromatic rings. The van der Waals surface area contributed by atoms with E-state index in [4.69, 9.17) is 16.3 Å². The Morgan fingerprint density at radius 3 is 2.71 bits per heavy atom. The Morgan fingerprint density at radius 1 is 1.21 bits per heavy atom. The Bertz CT molecular complexity index is 694. The van der Waals surface area contributed by atoms with Crippen LogP contribution >= 0.6 is 11.6 Å². The molecule has 2 rings (SSSR count). The van der Waals surface area contributed by atoms with E-state index in [0.29, 0.717) is 42.3 Å². The molecule has 0 aliphatic rings. The van der Waals surface area contributed by atoms with Gasteiger partial charge in [0.25, 0.3) is 0 Å². The van der Waals surface area contributed by atoms with Crippen molar-refractivity contribution in [3.8, 4) is 5.75 Å². The molecule has 0 saturated carbocycles. The number of carbonyl (C=O) groups is 1. The summed E-state index contributed by atoms with van der Waals surface area (Å²) in [4.78, 5) is 11.8. The van der Waals surface area contributed by atoms with Gasteiger partial charge < -0.3 is 15.4 Å². The SMILES string of the molecule is COc1ccc(NCCC(=O)NCCc2ccccc2F)cc1Cl. The van der Waals surface area contributed by atoms with Crippen molar-refractivity contribution in [3.63, 3.8) is 0 Å². The van der Waals surface area contributed by atoms with E-state index in [0.717, 1.165) is 5.69 Å². The molecule has 2 aromatic carbocycles. The highest BCUT2D eigenvalue weighted by molar-refractivity contribution is 6.32. The fourth-order valence-electron chi connectivity index (χ4n) is 2.22. The smallest absolute Gasteiger partial charge is 0.221 e. The molecule has 0 radical (unpaired) electrons. The van der Waals surface area contributed by atoms with Gasteiger partial charge in [0.1, 0.15) is 11.6 Å². The van der Waals surface area contributed by atoms with E-state index in [2.05, 4.69) is 10.6 Å². The quantitative estimate of drug-likeness (QED) is 0.764. The third-order valence-corrected chi connectivity index (χ3v) is 3.80. The number of benzene rings is 2. The van der Waals surface area contributed by atoms with Crippen molar-refractivity contribution in [2.75, 3.05) is 25.5 Å². The lowest BCUT2D eigenvalue weighted by molar-refractivity contribution is -0.120. The molecule has 24 heavy (non-hydrogen) atoms. The molecule has 0 atom stereocenters. The summed E-state index contributed by atoms with van der Waals surface area (Å²) in [5.74, 6) is 0.274. The lowest BCUT2D eigenvalue weighted by Crippen LogP contribution is -2.27. The van der Waals surface area contributed by atoms with Crippen LogP contribution in [0.4, 0.5) is 10.1 Å². The highest BCUT2D eigenvalue weighted by Crippen LogP contribution is 2.27. The first-order chi connectivity index (χ1) is 11.6.